The molecular formula is C19H23F3O4. The van der Waals surface area contributed by atoms with Crippen LogP contribution in [0.2, 0.25) is 0 Å². The van der Waals surface area contributed by atoms with E-state index in [9.17, 15) is 23.1 Å². The Hall–Kier alpha value is -1.76. The highest BCUT2D eigenvalue weighted by molar-refractivity contribution is 5.71. The summed E-state index contributed by atoms with van der Waals surface area (Å²) in [6.07, 6.45) is -5.43. The van der Waals surface area contributed by atoms with Crippen LogP contribution in [0, 0.1) is 17.8 Å². The van der Waals surface area contributed by atoms with Gasteiger partial charge < -0.3 is 14.6 Å². The Balaban J connectivity index is 2.11. The van der Waals surface area contributed by atoms with Crippen LogP contribution in [0.1, 0.15) is 51.3 Å². The minimum Gasteiger partial charge on any atom is -0.486 e. The molecule has 2 heterocycles. The lowest BCUT2D eigenvalue weighted by atomic mass is 9.70. The highest BCUT2D eigenvalue weighted by Crippen LogP contribution is 2.55. The number of halogens is 3. The minimum atomic E-state index is -4.54. The van der Waals surface area contributed by atoms with Crippen LogP contribution in [-0.4, -0.2) is 22.8 Å². The molecule has 0 radical (unpaired) electrons. The van der Waals surface area contributed by atoms with Crippen molar-refractivity contribution in [3.63, 3.8) is 0 Å². The predicted molar refractivity (Wildman–Crippen MR) is 87.8 cm³/mol. The molecule has 0 saturated carbocycles. The zero-order chi connectivity index (χ0) is 19.4. The van der Waals surface area contributed by atoms with Crippen molar-refractivity contribution >= 4 is 5.97 Å². The topological polar surface area (TPSA) is 55.8 Å². The number of hydrogen-bond donors (Lipinski definition) is 1. The number of carbonyl (C=O) groups is 1. The number of benzene rings is 1. The van der Waals surface area contributed by atoms with Crippen LogP contribution in [0.25, 0.3) is 0 Å². The third-order valence-electron chi connectivity index (χ3n) is 5.46. The molecule has 1 aromatic rings. The number of aliphatic carboxylic acids is 1. The van der Waals surface area contributed by atoms with Gasteiger partial charge in [0.15, 0.2) is 0 Å². The second-order valence-corrected chi connectivity index (χ2v) is 7.98. The summed E-state index contributed by atoms with van der Waals surface area (Å²) in [6, 6.07) is 3.92. The largest absolute Gasteiger partial charge is 0.486 e. The molecule has 0 aliphatic carbocycles. The zero-order valence-corrected chi connectivity index (χ0v) is 15.1. The summed E-state index contributed by atoms with van der Waals surface area (Å²) in [5, 5.41) is 9.59. The molecule has 3 rings (SSSR count). The fourth-order valence-electron chi connectivity index (χ4n) is 4.15. The maximum absolute atomic E-state index is 13.4. The molecule has 1 N–H and O–H groups in total. The highest BCUT2D eigenvalue weighted by Gasteiger charge is 2.54. The van der Waals surface area contributed by atoms with Gasteiger partial charge in [0.2, 0.25) is 0 Å². The molecule has 1 aromatic carbocycles. The first-order valence-electron chi connectivity index (χ1n) is 8.71. The van der Waals surface area contributed by atoms with Crippen molar-refractivity contribution in [1.82, 2.24) is 0 Å². The van der Waals surface area contributed by atoms with Crippen molar-refractivity contribution in [3.8, 4) is 5.75 Å². The van der Waals surface area contributed by atoms with Gasteiger partial charge in [-0.1, -0.05) is 26.0 Å². The first-order valence-corrected chi connectivity index (χ1v) is 8.71. The van der Waals surface area contributed by atoms with E-state index >= 15 is 0 Å². The summed E-state index contributed by atoms with van der Waals surface area (Å²) in [7, 11) is 0. The van der Waals surface area contributed by atoms with Gasteiger partial charge in [0.1, 0.15) is 11.4 Å². The van der Waals surface area contributed by atoms with Gasteiger partial charge in [-0.05, 0) is 32.3 Å². The SMILES string of the molecule is CC(C)[C@H]1O[C@H]2c3cccc(C(F)(F)F)c3OC(C)(C)[C@@H]2C[C@@H]1C(=O)O. The van der Waals surface area contributed by atoms with Crippen molar-refractivity contribution < 1.29 is 32.5 Å². The molecule has 1 fully saturated rings. The second-order valence-electron chi connectivity index (χ2n) is 7.98. The molecule has 144 valence electrons. The van der Waals surface area contributed by atoms with Crippen molar-refractivity contribution in [2.45, 2.75) is 58.1 Å². The van der Waals surface area contributed by atoms with Gasteiger partial charge in [-0.2, -0.15) is 13.2 Å². The Morgan fingerprint density at radius 1 is 1.31 bits per heavy atom. The van der Waals surface area contributed by atoms with E-state index < -0.39 is 41.4 Å². The normalized spacial score (nSPS) is 30.3. The van der Waals surface area contributed by atoms with Crippen molar-refractivity contribution in [2.75, 3.05) is 0 Å². The number of para-hydroxylation sites is 1. The van der Waals surface area contributed by atoms with E-state index in [0.29, 0.717) is 12.0 Å². The first-order chi connectivity index (χ1) is 11.9. The number of hydrogen-bond acceptors (Lipinski definition) is 3. The smallest absolute Gasteiger partial charge is 0.419 e. The number of rotatable bonds is 2. The first kappa shape index (κ1) is 19.0. The third kappa shape index (κ3) is 3.06. The van der Waals surface area contributed by atoms with E-state index in [-0.39, 0.29) is 17.6 Å². The van der Waals surface area contributed by atoms with Gasteiger partial charge in [-0.15, -0.1) is 0 Å². The number of ether oxygens (including phenoxy) is 2. The molecule has 0 aromatic heterocycles. The summed E-state index contributed by atoms with van der Waals surface area (Å²) < 4.78 is 52.2. The predicted octanol–water partition coefficient (Wildman–Crippen LogP) is 4.68. The van der Waals surface area contributed by atoms with Crippen LogP contribution in [-0.2, 0) is 15.7 Å². The number of alkyl halides is 3. The minimum absolute atomic E-state index is 0.0720. The average molecular weight is 372 g/mol. The van der Waals surface area contributed by atoms with Crippen LogP contribution >= 0.6 is 0 Å². The Labute approximate surface area is 150 Å². The lowest BCUT2D eigenvalue weighted by Gasteiger charge is -2.51. The molecular weight excluding hydrogens is 349 g/mol. The number of fused-ring (bicyclic) bond motifs is 3. The zero-order valence-electron chi connectivity index (χ0n) is 15.1. The Morgan fingerprint density at radius 3 is 2.50 bits per heavy atom. The van der Waals surface area contributed by atoms with E-state index in [1.54, 1.807) is 19.9 Å². The average Bonchev–Trinajstić information content (AvgIpc) is 2.51. The maximum Gasteiger partial charge on any atom is 0.419 e. The number of carboxylic acid groups (broad SMARTS) is 1. The summed E-state index contributed by atoms with van der Waals surface area (Å²) >= 11 is 0. The fourth-order valence-corrected chi connectivity index (χ4v) is 4.15. The van der Waals surface area contributed by atoms with Crippen LogP contribution in [0.15, 0.2) is 18.2 Å². The van der Waals surface area contributed by atoms with Gasteiger partial charge in [0.05, 0.1) is 23.7 Å². The fraction of sp³-hybridized carbons (Fsp3) is 0.632. The molecule has 0 bridgehead atoms. The molecule has 0 amide bonds. The molecule has 7 heteroatoms. The molecule has 2 aliphatic rings. The van der Waals surface area contributed by atoms with Gasteiger partial charge >= 0.3 is 12.1 Å². The van der Waals surface area contributed by atoms with E-state index in [1.807, 2.05) is 13.8 Å². The van der Waals surface area contributed by atoms with Gasteiger partial charge in [-0.3, -0.25) is 4.79 Å². The van der Waals surface area contributed by atoms with Crippen LogP contribution in [0.4, 0.5) is 13.2 Å². The van der Waals surface area contributed by atoms with Gasteiger partial charge in [0, 0.05) is 11.5 Å². The van der Waals surface area contributed by atoms with E-state index in [2.05, 4.69) is 0 Å². The second kappa shape index (κ2) is 6.15. The Kier molecular flexibility index (Phi) is 4.50. The van der Waals surface area contributed by atoms with Crippen LogP contribution < -0.4 is 4.74 Å². The Bertz CT molecular complexity index is 711. The van der Waals surface area contributed by atoms with Gasteiger partial charge in [-0.25, -0.2) is 0 Å². The van der Waals surface area contributed by atoms with Crippen molar-refractivity contribution in [3.05, 3.63) is 29.3 Å². The molecule has 4 atom stereocenters. The molecule has 4 nitrogen and oxygen atoms in total. The highest BCUT2D eigenvalue weighted by atomic mass is 19.4. The van der Waals surface area contributed by atoms with Gasteiger partial charge in [0.25, 0.3) is 0 Å². The monoisotopic (exact) mass is 372 g/mol. The van der Waals surface area contributed by atoms with Crippen LogP contribution in [0.3, 0.4) is 0 Å². The lowest BCUT2D eigenvalue weighted by molar-refractivity contribution is -0.197. The van der Waals surface area contributed by atoms with Crippen LogP contribution in [0.5, 0.6) is 5.75 Å². The maximum atomic E-state index is 13.4. The third-order valence-corrected chi connectivity index (χ3v) is 5.46. The molecule has 2 aliphatic heterocycles. The van der Waals surface area contributed by atoms with Crippen molar-refractivity contribution in [1.29, 1.82) is 0 Å². The summed E-state index contributed by atoms with van der Waals surface area (Å²) in [5.74, 6) is -2.30. The van der Waals surface area contributed by atoms with Crippen molar-refractivity contribution in [2.24, 2.45) is 17.8 Å². The lowest BCUT2D eigenvalue weighted by Crippen LogP contribution is -2.53. The molecule has 26 heavy (non-hydrogen) atoms. The summed E-state index contributed by atoms with van der Waals surface area (Å²) in [6.45, 7) is 7.11. The summed E-state index contributed by atoms with van der Waals surface area (Å²) in [4.78, 5) is 11.7. The van der Waals surface area contributed by atoms with E-state index in [4.69, 9.17) is 9.47 Å². The summed E-state index contributed by atoms with van der Waals surface area (Å²) in [5.41, 5.74) is -1.46. The standard InChI is InChI=1S/C19H23F3O4/c1-9(2)14-11(17(23)24)8-13-15(25-14)10-6-5-7-12(19(20,21)22)16(10)26-18(13,3)4/h5-7,9,11,13-15H,8H2,1-4H3,(H,23,24)/t11-,13+,14+,15-/m0/s1. The quantitative estimate of drug-likeness (QED) is 0.819. The van der Waals surface area contributed by atoms with E-state index in [0.717, 1.165) is 6.07 Å². The molecule has 1 saturated heterocycles. The molecule has 0 unspecified atom stereocenters. The Morgan fingerprint density at radius 2 is 1.96 bits per heavy atom. The molecule has 0 spiro atoms. The van der Waals surface area contributed by atoms with E-state index in [1.165, 1.54) is 6.07 Å². The number of carboxylic acids is 1.